The van der Waals surface area contributed by atoms with Crippen molar-refractivity contribution in [1.82, 2.24) is 19.3 Å². The molecule has 9 nitrogen and oxygen atoms in total. The van der Waals surface area contributed by atoms with Gasteiger partial charge in [-0.1, -0.05) is 18.5 Å². The third-order valence-corrected chi connectivity index (χ3v) is 7.55. The molecule has 1 aliphatic rings. The van der Waals surface area contributed by atoms with Crippen molar-refractivity contribution in [3.8, 4) is 0 Å². The summed E-state index contributed by atoms with van der Waals surface area (Å²) in [5, 5.41) is 5.87. The average Bonchev–Trinajstić information content (AvgIpc) is 3.12. The van der Waals surface area contributed by atoms with E-state index in [-0.39, 0.29) is 30.2 Å². The van der Waals surface area contributed by atoms with E-state index >= 15 is 0 Å². The fraction of sp³-hybridized carbons (Fsp3) is 0.389. The standard InChI is InChI=1S/C18H21ClFN5O4S2/c1-3-25-16(18(27)23-11-4-5-14(20)13(19)6-11)7-15(24-31(25,28)29)17(26)22-9-12-8-21-10(2)30-12/h4-6,8,15-16,24H,3,7,9H2,1-2H3,(H,22,26)(H,23,27). The monoisotopic (exact) mass is 489 g/mol. The molecule has 1 aromatic carbocycles. The van der Waals surface area contributed by atoms with Crippen LogP contribution in [0.5, 0.6) is 0 Å². The van der Waals surface area contributed by atoms with E-state index in [1.165, 1.54) is 23.5 Å². The number of likely N-dealkylation sites (N-methyl/N-ethyl adjacent to an activating group) is 1. The van der Waals surface area contributed by atoms with Crippen molar-refractivity contribution in [3.63, 3.8) is 0 Å². The number of rotatable bonds is 6. The molecule has 1 aromatic heterocycles. The lowest BCUT2D eigenvalue weighted by molar-refractivity contribution is -0.125. The van der Waals surface area contributed by atoms with E-state index in [2.05, 4.69) is 20.3 Å². The zero-order valence-corrected chi connectivity index (χ0v) is 19.1. The van der Waals surface area contributed by atoms with Crippen LogP contribution >= 0.6 is 22.9 Å². The lowest BCUT2D eigenvalue weighted by Gasteiger charge is -2.37. The fourth-order valence-corrected chi connectivity index (χ4v) is 5.65. The maximum atomic E-state index is 13.4. The Morgan fingerprint density at radius 2 is 2.13 bits per heavy atom. The van der Waals surface area contributed by atoms with Gasteiger partial charge in [0.25, 0.3) is 10.2 Å². The topological polar surface area (TPSA) is 120 Å². The second-order valence-corrected chi connectivity index (χ2v) is 10.2. The van der Waals surface area contributed by atoms with E-state index in [9.17, 15) is 22.4 Å². The predicted molar refractivity (Wildman–Crippen MR) is 115 cm³/mol. The average molecular weight is 490 g/mol. The van der Waals surface area contributed by atoms with E-state index in [1.54, 1.807) is 13.1 Å². The smallest absolute Gasteiger partial charge is 0.280 e. The molecular formula is C18H21ClFN5O4S2. The number of aromatic nitrogens is 1. The Labute approximate surface area is 188 Å². The molecule has 1 saturated heterocycles. The van der Waals surface area contributed by atoms with Crippen LogP contribution in [0.1, 0.15) is 23.2 Å². The van der Waals surface area contributed by atoms with Crippen LogP contribution in [0.4, 0.5) is 10.1 Å². The Morgan fingerprint density at radius 1 is 1.39 bits per heavy atom. The molecule has 2 heterocycles. The van der Waals surface area contributed by atoms with Gasteiger partial charge in [0, 0.05) is 23.3 Å². The molecule has 0 radical (unpaired) electrons. The normalized spacial score (nSPS) is 20.9. The van der Waals surface area contributed by atoms with Crippen molar-refractivity contribution in [2.75, 3.05) is 11.9 Å². The number of hydrogen-bond acceptors (Lipinski definition) is 6. The van der Waals surface area contributed by atoms with Crippen molar-refractivity contribution in [3.05, 3.63) is 45.1 Å². The fourth-order valence-electron chi connectivity index (χ4n) is 3.18. The molecule has 0 spiro atoms. The summed E-state index contributed by atoms with van der Waals surface area (Å²) in [7, 11) is -4.08. The van der Waals surface area contributed by atoms with Gasteiger partial charge in [0.2, 0.25) is 11.8 Å². The molecule has 2 aromatic rings. The van der Waals surface area contributed by atoms with Gasteiger partial charge in [0.05, 0.1) is 16.6 Å². The Hall–Kier alpha value is -2.12. The molecule has 3 rings (SSSR count). The molecule has 13 heteroatoms. The van der Waals surface area contributed by atoms with E-state index in [0.717, 1.165) is 20.3 Å². The lowest BCUT2D eigenvalue weighted by Crippen LogP contribution is -2.63. The maximum Gasteiger partial charge on any atom is 0.280 e. The molecule has 168 valence electrons. The second kappa shape index (κ2) is 9.57. The van der Waals surface area contributed by atoms with Crippen LogP contribution in [-0.4, -0.2) is 48.1 Å². The molecule has 1 aliphatic heterocycles. The summed E-state index contributed by atoms with van der Waals surface area (Å²) < 4.78 is 42.0. The van der Waals surface area contributed by atoms with E-state index < -0.39 is 39.9 Å². The molecule has 1 fully saturated rings. The number of halogens is 2. The van der Waals surface area contributed by atoms with E-state index in [1.807, 2.05) is 6.92 Å². The predicted octanol–water partition coefficient (Wildman–Crippen LogP) is 1.80. The quantitative estimate of drug-likeness (QED) is 0.571. The summed E-state index contributed by atoms with van der Waals surface area (Å²) >= 11 is 7.15. The van der Waals surface area contributed by atoms with Crippen LogP contribution in [0.2, 0.25) is 5.02 Å². The minimum atomic E-state index is -4.08. The minimum absolute atomic E-state index is 0.0199. The van der Waals surface area contributed by atoms with Crippen LogP contribution in [0.15, 0.2) is 24.4 Å². The lowest BCUT2D eigenvalue weighted by atomic mass is 10.1. The van der Waals surface area contributed by atoms with Gasteiger partial charge in [0.15, 0.2) is 0 Å². The highest BCUT2D eigenvalue weighted by molar-refractivity contribution is 7.87. The van der Waals surface area contributed by atoms with Crippen molar-refractivity contribution >= 4 is 50.6 Å². The molecular weight excluding hydrogens is 469 g/mol. The number of carbonyl (C=O) groups is 2. The summed E-state index contributed by atoms with van der Waals surface area (Å²) in [6.07, 6.45) is 1.55. The maximum absolute atomic E-state index is 13.4. The number of hydrogen-bond donors (Lipinski definition) is 3. The van der Waals surface area contributed by atoms with Crippen LogP contribution in [0, 0.1) is 12.7 Å². The van der Waals surface area contributed by atoms with E-state index in [0.29, 0.717) is 0 Å². The number of amides is 2. The van der Waals surface area contributed by atoms with Crippen LogP contribution < -0.4 is 15.4 Å². The minimum Gasteiger partial charge on any atom is -0.350 e. The highest BCUT2D eigenvalue weighted by Gasteiger charge is 2.43. The van der Waals surface area contributed by atoms with Gasteiger partial charge in [-0.2, -0.15) is 17.4 Å². The number of anilines is 1. The molecule has 0 aliphatic carbocycles. The molecule has 0 bridgehead atoms. The Morgan fingerprint density at radius 3 is 2.74 bits per heavy atom. The zero-order valence-electron chi connectivity index (χ0n) is 16.7. The summed E-state index contributed by atoms with van der Waals surface area (Å²) in [6.45, 7) is 3.64. The first-order valence-electron chi connectivity index (χ1n) is 9.34. The summed E-state index contributed by atoms with van der Waals surface area (Å²) in [5.74, 6) is -1.84. The Bertz CT molecular complexity index is 1090. The molecule has 0 saturated carbocycles. The molecule has 2 atom stereocenters. The van der Waals surface area contributed by atoms with Crippen LogP contribution in [0.3, 0.4) is 0 Å². The Kier molecular flexibility index (Phi) is 7.27. The van der Waals surface area contributed by atoms with Crippen LogP contribution in [0.25, 0.3) is 0 Å². The highest BCUT2D eigenvalue weighted by Crippen LogP contribution is 2.23. The van der Waals surface area contributed by atoms with Gasteiger partial charge in [-0.15, -0.1) is 11.3 Å². The van der Waals surface area contributed by atoms with Gasteiger partial charge in [-0.25, -0.2) is 9.37 Å². The van der Waals surface area contributed by atoms with Gasteiger partial charge < -0.3 is 10.6 Å². The summed E-state index contributed by atoms with van der Waals surface area (Å²) in [5.41, 5.74) is 0.213. The zero-order chi connectivity index (χ0) is 22.8. The molecule has 31 heavy (non-hydrogen) atoms. The third-order valence-electron chi connectivity index (χ3n) is 4.63. The highest BCUT2D eigenvalue weighted by atomic mass is 35.5. The van der Waals surface area contributed by atoms with Gasteiger partial charge in [-0.05, 0) is 31.5 Å². The largest absolute Gasteiger partial charge is 0.350 e. The SMILES string of the molecule is CCN1C(C(=O)Nc2ccc(F)c(Cl)c2)CC(C(=O)NCc2cnc(C)s2)NS1(=O)=O. The number of benzene rings is 1. The van der Waals surface area contributed by atoms with Gasteiger partial charge in [-0.3, -0.25) is 9.59 Å². The van der Waals surface area contributed by atoms with Crippen molar-refractivity contribution < 1.29 is 22.4 Å². The Balaban J connectivity index is 1.74. The van der Waals surface area contributed by atoms with Crippen molar-refractivity contribution in [2.45, 2.75) is 38.9 Å². The van der Waals surface area contributed by atoms with E-state index in [4.69, 9.17) is 11.6 Å². The molecule has 2 unspecified atom stereocenters. The van der Waals surface area contributed by atoms with Crippen molar-refractivity contribution in [2.24, 2.45) is 0 Å². The number of aryl methyl sites for hydroxylation is 1. The second-order valence-electron chi connectivity index (χ2n) is 6.81. The first-order valence-corrected chi connectivity index (χ1v) is 12.0. The molecule has 2 amide bonds. The number of nitrogens with zero attached hydrogens (tertiary/aromatic N) is 2. The third kappa shape index (κ3) is 5.57. The molecule has 3 N–H and O–H groups in total. The first-order chi connectivity index (χ1) is 14.6. The van der Waals surface area contributed by atoms with Crippen molar-refractivity contribution in [1.29, 1.82) is 0 Å². The number of thiazole rings is 1. The van der Waals surface area contributed by atoms with Gasteiger partial charge in [0.1, 0.15) is 17.9 Å². The summed E-state index contributed by atoms with van der Waals surface area (Å²) in [4.78, 5) is 30.4. The van der Waals surface area contributed by atoms with Crippen LogP contribution in [-0.2, 0) is 26.3 Å². The number of carbonyl (C=O) groups excluding carboxylic acids is 2. The summed E-state index contributed by atoms with van der Waals surface area (Å²) in [6, 6.07) is 1.36. The van der Waals surface area contributed by atoms with Gasteiger partial charge >= 0.3 is 0 Å². The first kappa shape index (κ1) is 23.5. The number of nitrogens with one attached hydrogen (secondary N) is 3.